The Morgan fingerprint density at radius 3 is 2.57 bits per heavy atom. The number of benzene rings is 1. The summed E-state index contributed by atoms with van der Waals surface area (Å²) >= 11 is 0. The summed E-state index contributed by atoms with van der Waals surface area (Å²) in [4.78, 5) is 0. The highest BCUT2D eigenvalue weighted by Crippen LogP contribution is 2.60. The lowest BCUT2D eigenvalue weighted by Crippen LogP contribution is -2.37. The van der Waals surface area contributed by atoms with E-state index >= 15 is 0 Å². The van der Waals surface area contributed by atoms with Gasteiger partial charge in [0.2, 0.25) is 0 Å². The molecule has 2 aliphatic rings. The van der Waals surface area contributed by atoms with Crippen LogP contribution in [0.2, 0.25) is 0 Å². The fourth-order valence-corrected chi connectivity index (χ4v) is 2.69. The number of epoxide rings is 1. The van der Waals surface area contributed by atoms with Crippen molar-refractivity contribution in [3.05, 3.63) is 35.9 Å². The standard InChI is InChI=1S/C12H14O2/c1-11-10(14-11)7-8-12(11,13)9-5-3-2-4-6-9/h2-6,10,13H,7-8H2,1H3/t10-,11-,12-/m0/s1. The first-order valence-corrected chi connectivity index (χ1v) is 5.12. The van der Waals surface area contributed by atoms with E-state index in [9.17, 15) is 5.11 Å². The molecule has 14 heavy (non-hydrogen) atoms. The van der Waals surface area contributed by atoms with Crippen molar-refractivity contribution in [3.63, 3.8) is 0 Å². The van der Waals surface area contributed by atoms with Gasteiger partial charge < -0.3 is 9.84 Å². The Kier molecular flexibility index (Phi) is 1.44. The van der Waals surface area contributed by atoms with Gasteiger partial charge in [0, 0.05) is 0 Å². The minimum atomic E-state index is -0.765. The normalized spacial score (nSPS) is 44.9. The predicted octanol–water partition coefficient (Wildman–Crippen LogP) is 1.83. The van der Waals surface area contributed by atoms with Crippen LogP contribution in [0.15, 0.2) is 30.3 Å². The van der Waals surface area contributed by atoms with E-state index in [0.29, 0.717) is 0 Å². The lowest BCUT2D eigenvalue weighted by molar-refractivity contribution is -0.0409. The molecule has 1 saturated heterocycles. The van der Waals surface area contributed by atoms with Gasteiger partial charge >= 0.3 is 0 Å². The van der Waals surface area contributed by atoms with Crippen molar-refractivity contribution >= 4 is 0 Å². The number of aliphatic hydroxyl groups is 1. The zero-order valence-electron chi connectivity index (χ0n) is 8.23. The summed E-state index contributed by atoms with van der Waals surface area (Å²) in [6.07, 6.45) is 2.06. The van der Waals surface area contributed by atoms with Crippen molar-refractivity contribution in [1.82, 2.24) is 0 Å². The topological polar surface area (TPSA) is 32.8 Å². The first kappa shape index (κ1) is 8.45. The Balaban J connectivity index is 2.05. The maximum absolute atomic E-state index is 10.6. The molecule has 1 aromatic carbocycles. The lowest BCUT2D eigenvalue weighted by Gasteiger charge is -2.29. The monoisotopic (exact) mass is 190 g/mol. The van der Waals surface area contributed by atoms with E-state index in [0.717, 1.165) is 18.4 Å². The van der Waals surface area contributed by atoms with Crippen molar-refractivity contribution in [3.8, 4) is 0 Å². The van der Waals surface area contributed by atoms with E-state index in [2.05, 4.69) is 0 Å². The van der Waals surface area contributed by atoms with Gasteiger partial charge in [0.05, 0.1) is 6.10 Å². The summed E-state index contributed by atoms with van der Waals surface area (Å²) in [7, 11) is 0. The summed E-state index contributed by atoms with van der Waals surface area (Å²) in [5, 5.41) is 10.6. The highest BCUT2D eigenvalue weighted by Gasteiger charge is 2.70. The summed E-state index contributed by atoms with van der Waals surface area (Å²) in [6.45, 7) is 2.01. The molecule has 74 valence electrons. The zero-order chi connectivity index (χ0) is 9.81. The number of rotatable bonds is 1. The maximum Gasteiger partial charge on any atom is 0.125 e. The van der Waals surface area contributed by atoms with Crippen LogP contribution in [0, 0.1) is 0 Å². The van der Waals surface area contributed by atoms with Crippen molar-refractivity contribution < 1.29 is 9.84 Å². The van der Waals surface area contributed by atoms with E-state index in [1.165, 1.54) is 0 Å². The molecule has 0 amide bonds. The maximum atomic E-state index is 10.6. The first-order valence-electron chi connectivity index (χ1n) is 5.12. The Morgan fingerprint density at radius 1 is 1.36 bits per heavy atom. The SMILES string of the molecule is C[C@]12O[C@H]1CC[C@]2(O)c1ccccc1. The second-order valence-electron chi connectivity index (χ2n) is 4.48. The van der Waals surface area contributed by atoms with Crippen LogP contribution in [0.1, 0.15) is 25.3 Å². The van der Waals surface area contributed by atoms with E-state index in [4.69, 9.17) is 4.74 Å². The molecule has 0 unspecified atom stereocenters. The third-order valence-corrected chi connectivity index (χ3v) is 3.79. The second-order valence-corrected chi connectivity index (χ2v) is 4.48. The molecule has 2 heteroatoms. The largest absolute Gasteiger partial charge is 0.382 e. The van der Waals surface area contributed by atoms with Gasteiger partial charge in [0.15, 0.2) is 0 Å². The van der Waals surface area contributed by atoms with Crippen LogP contribution in [-0.2, 0) is 10.3 Å². The molecule has 0 bridgehead atoms. The molecule has 2 nitrogen and oxygen atoms in total. The molecule has 3 atom stereocenters. The van der Waals surface area contributed by atoms with Crippen molar-refractivity contribution in [2.75, 3.05) is 0 Å². The molecule has 2 fully saturated rings. The molecule has 1 aliphatic heterocycles. The van der Waals surface area contributed by atoms with Crippen molar-refractivity contribution in [2.45, 2.75) is 37.1 Å². The third-order valence-electron chi connectivity index (χ3n) is 3.79. The van der Waals surface area contributed by atoms with Crippen LogP contribution >= 0.6 is 0 Å². The van der Waals surface area contributed by atoms with Crippen molar-refractivity contribution in [1.29, 1.82) is 0 Å². The smallest absolute Gasteiger partial charge is 0.125 e. The van der Waals surface area contributed by atoms with Gasteiger partial charge in [0.1, 0.15) is 11.2 Å². The van der Waals surface area contributed by atoms with Gasteiger partial charge in [-0.05, 0) is 25.3 Å². The van der Waals surface area contributed by atoms with E-state index in [-0.39, 0.29) is 11.7 Å². The lowest BCUT2D eigenvalue weighted by atomic mass is 9.84. The number of fused-ring (bicyclic) bond motifs is 1. The molecule has 1 N–H and O–H groups in total. The summed E-state index contributed by atoms with van der Waals surface area (Å²) < 4.78 is 5.56. The van der Waals surface area contributed by atoms with Crippen LogP contribution < -0.4 is 0 Å². The molecular weight excluding hydrogens is 176 g/mol. The van der Waals surface area contributed by atoms with Crippen LogP contribution in [0.4, 0.5) is 0 Å². The van der Waals surface area contributed by atoms with Gasteiger partial charge in [0.25, 0.3) is 0 Å². The second kappa shape index (κ2) is 2.38. The molecule has 1 heterocycles. The van der Waals surface area contributed by atoms with Crippen LogP contribution in [0.5, 0.6) is 0 Å². The first-order chi connectivity index (χ1) is 6.67. The fraction of sp³-hybridized carbons (Fsp3) is 0.500. The molecule has 0 spiro atoms. The average molecular weight is 190 g/mol. The number of hydrogen-bond acceptors (Lipinski definition) is 2. The summed E-state index contributed by atoms with van der Waals surface area (Å²) in [5.74, 6) is 0. The molecule has 0 aromatic heterocycles. The zero-order valence-corrected chi connectivity index (χ0v) is 8.23. The van der Waals surface area contributed by atoms with E-state index in [1.54, 1.807) is 0 Å². The van der Waals surface area contributed by atoms with Crippen LogP contribution in [0.3, 0.4) is 0 Å². The minimum absolute atomic E-state index is 0.271. The average Bonchev–Trinajstić information content (AvgIpc) is 2.83. The molecule has 0 radical (unpaired) electrons. The van der Waals surface area contributed by atoms with Gasteiger partial charge in [-0.25, -0.2) is 0 Å². The Labute approximate surface area is 83.5 Å². The molecule has 1 aliphatic carbocycles. The molecule has 1 saturated carbocycles. The van der Waals surface area contributed by atoms with Gasteiger partial charge in [-0.3, -0.25) is 0 Å². The fourth-order valence-electron chi connectivity index (χ4n) is 2.69. The minimum Gasteiger partial charge on any atom is -0.382 e. The Hall–Kier alpha value is -0.860. The Morgan fingerprint density at radius 2 is 2.07 bits per heavy atom. The summed E-state index contributed by atoms with van der Waals surface area (Å²) in [5.41, 5.74) is -0.102. The van der Waals surface area contributed by atoms with Gasteiger partial charge in [-0.2, -0.15) is 0 Å². The van der Waals surface area contributed by atoms with Crippen molar-refractivity contribution in [2.24, 2.45) is 0 Å². The summed E-state index contributed by atoms with van der Waals surface area (Å²) in [6, 6.07) is 9.86. The number of hydrogen-bond donors (Lipinski definition) is 1. The van der Waals surface area contributed by atoms with Crippen LogP contribution in [-0.4, -0.2) is 16.8 Å². The van der Waals surface area contributed by atoms with E-state index in [1.807, 2.05) is 37.3 Å². The quantitative estimate of drug-likeness (QED) is 0.685. The molecule has 1 aromatic rings. The van der Waals surface area contributed by atoms with Gasteiger partial charge in [-0.15, -0.1) is 0 Å². The Bertz CT molecular complexity index is 360. The predicted molar refractivity (Wildman–Crippen MR) is 52.9 cm³/mol. The highest BCUT2D eigenvalue weighted by molar-refractivity contribution is 5.33. The highest BCUT2D eigenvalue weighted by atomic mass is 16.6. The van der Waals surface area contributed by atoms with Gasteiger partial charge in [-0.1, -0.05) is 30.3 Å². The van der Waals surface area contributed by atoms with Crippen LogP contribution in [0.25, 0.3) is 0 Å². The number of ether oxygens (including phenoxy) is 1. The van der Waals surface area contributed by atoms with E-state index < -0.39 is 5.60 Å². The third kappa shape index (κ3) is 0.830. The molecular formula is C12H14O2. The molecule has 3 rings (SSSR count).